The summed E-state index contributed by atoms with van der Waals surface area (Å²) in [4.78, 5) is 18.7. The first-order valence-corrected chi connectivity index (χ1v) is 12.4. The predicted octanol–water partition coefficient (Wildman–Crippen LogP) is 4.49. The average molecular weight is 489 g/mol. The molecule has 0 saturated heterocycles. The number of hydrogen-bond donors (Lipinski definition) is 1. The van der Waals surface area contributed by atoms with E-state index in [1.165, 1.54) is 11.1 Å². The molecule has 2 aromatic heterocycles. The van der Waals surface area contributed by atoms with Crippen molar-refractivity contribution in [2.75, 3.05) is 13.7 Å². The fourth-order valence-corrected chi connectivity index (χ4v) is 4.88. The zero-order valence-electron chi connectivity index (χ0n) is 22.1. The van der Waals surface area contributed by atoms with Crippen LogP contribution in [0, 0.1) is 26.7 Å². The summed E-state index contributed by atoms with van der Waals surface area (Å²) in [5, 5.41) is 13.7. The number of pyridine rings is 1. The molecule has 0 unspecified atom stereocenters. The second kappa shape index (κ2) is 11.1. The lowest BCUT2D eigenvalue weighted by Crippen LogP contribution is -2.35. The highest BCUT2D eigenvalue weighted by molar-refractivity contribution is 5.83. The van der Waals surface area contributed by atoms with Crippen LogP contribution in [-0.2, 0) is 24.4 Å². The first-order chi connectivity index (χ1) is 17.3. The van der Waals surface area contributed by atoms with E-state index in [1.807, 2.05) is 23.7 Å². The van der Waals surface area contributed by atoms with Gasteiger partial charge in [-0.05, 0) is 65.9 Å². The largest absolute Gasteiger partial charge is 0.383 e. The van der Waals surface area contributed by atoms with E-state index in [0.29, 0.717) is 26.2 Å². The summed E-state index contributed by atoms with van der Waals surface area (Å²) in [6.45, 7) is 12.8. The van der Waals surface area contributed by atoms with E-state index in [-0.39, 0.29) is 17.5 Å². The van der Waals surface area contributed by atoms with E-state index in [0.717, 1.165) is 33.4 Å². The van der Waals surface area contributed by atoms with Crippen molar-refractivity contribution in [3.8, 4) is 0 Å². The molecule has 0 fully saturated rings. The molecule has 8 heteroatoms. The van der Waals surface area contributed by atoms with Crippen LogP contribution in [0.2, 0.25) is 0 Å². The first-order valence-electron chi connectivity index (χ1n) is 12.4. The van der Waals surface area contributed by atoms with Crippen molar-refractivity contribution in [3.63, 3.8) is 0 Å². The van der Waals surface area contributed by atoms with Gasteiger partial charge in [0.25, 0.3) is 5.56 Å². The van der Waals surface area contributed by atoms with Gasteiger partial charge in [0, 0.05) is 36.7 Å². The number of ether oxygens (including phenoxy) is 1. The molecule has 8 nitrogen and oxygen atoms in total. The molecule has 0 aliphatic carbocycles. The van der Waals surface area contributed by atoms with E-state index in [9.17, 15) is 4.79 Å². The molecule has 0 amide bonds. The number of aromatic amines is 1. The summed E-state index contributed by atoms with van der Waals surface area (Å²) in [6, 6.07) is 14.6. The quantitative estimate of drug-likeness (QED) is 0.354. The van der Waals surface area contributed by atoms with E-state index in [2.05, 4.69) is 83.4 Å². The minimum atomic E-state index is -0.104. The second-order valence-electron chi connectivity index (χ2n) is 10.00. The zero-order chi connectivity index (χ0) is 25.8. The molecule has 4 rings (SSSR count). The zero-order valence-corrected chi connectivity index (χ0v) is 22.1. The van der Waals surface area contributed by atoms with Crippen molar-refractivity contribution in [1.29, 1.82) is 0 Å². The van der Waals surface area contributed by atoms with Crippen molar-refractivity contribution in [2.24, 2.45) is 5.92 Å². The molecule has 1 N–H and O–H groups in total. The maximum absolute atomic E-state index is 13.2. The Bertz CT molecular complexity index is 1370. The maximum Gasteiger partial charge on any atom is 0.252 e. The number of H-pyrrole nitrogens is 1. The molecule has 190 valence electrons. The van der Waals surface area contributed by atoms with Crippen LogP contribution < -0.4 is 5.56 Å². The summed E-state index contributed by atoms with van der Waals surface area (Å²) >= 11 is 0. The van der Waals surface area contributed by atoms with Gasteiger partial charge in [-0.25, -0.2) is 4.68 Å². The van der Waals surface area contributed by atoms with Crippen LogP contribution in [0.1, 0.15) is 53.5 Å². The van der Waals surface area contributed by atoms with Crippen LogP contribution in [0.3, 0.4) is 0 Å². The van der Waals surface area contributed by atoms with Gasteiger partial charge < -0.3 is 9.72 Å². The molecule has 4 aromatic rings. The first kappa shape index (κ1) is 25.7. The van der Waals surface area contributed by atoms with Gasteiger partial charge >= 0.3 is 0 Å². The third-order valence-corrected chi connectivity index (χ3v) is 6.63. The molecule has 0 saturated carbocycles. The average Bonchev–Trinajstić information content (AvgIpc) is 3.27. The van der Waals surface area contributed by atoms with Crippen LogP contribution >= 0.6 is 0 Å². The fraction of sp³-hybridized carbons (Fsp3) is 0.429. The molecular formula is C28H36N6O2. The molecule has 1 atom stereocenters. The van der Waals surface area contributed by atoms with E-state index in [1.54, 1.807) is 7.11 Å². The van der Waals surface area contributed by atoms with Crippen LogP contribution in [0.4, 0.5) is 0 Å². The van der Waals surface area contributed by atoms with Gasteiger partial charge in [0.2, 0.25) is 0 Å². The number of nitrogens with one attached hydrogen (secondary N) is 1. The van der Waals surface area contributed by atoms with Crippen LogP contribution in [-0.4, -0.2) is 43.8 Å². The number of nitrogens with zero attached hydrogens (tertiary/aromatic N) is 5. The van der Waals surface area contributed by atoms with Crippen molar-refractivity contribution < 1.29 is 4.74 Å². The number of fused-ring (bicyclic) bond motifs is 1. The van der Waals surface area contributed by atoms with Gasteiger partial charge in [-0.3, -0.25) is 9.69 Å². The highest BCUT2D eigenvalue weighted by atomic mass is 16.5. The monoisotopic (exact) mass is 488 g/mol. The van der Waals surface area contributed by atoms with Gasteiger partial charge in [0.15, 0.2) is 5.82 Å². The molecular weight excluding hydrogens is 452 g/mol. The maximum atomic E-state index is 13.2. The summed E-state index contributed by atoms with van der Waals surface area (Å²) in [5.41, 5.74) is 6.20. The standard InChI is InChI=1S/C28H36N6O2/c1-18(2)26(27-30-31-32-34(27)11-12-36-6)33(16-22-9-7-19(3)8-10-22)17-23-15-24-21(5)13-20(4)14-25(24)29-28(23)35/h7-10,13-15,18,26H,11-12,16-17H2,1-6H3,(H,29,35)/t26-/m0/s1. The van der Waals surface area contributed by atoms with Crippen molar-refractivity contribution in [3.05, 3.63) is 86.5 Å². The Labute approximate surface area is 212 Å². The third kappa shape index (κ3) is 5.71. The highest BCUT2D eigenvalue weighted by Crippen LogP contribution is 2.30. The topological polar surface area (TPSA) is 88.9 Å². The normalized spacial score (nSPS) is 12.7. The Morgan fingerprint density at radius 3 is 2.47 bits per heavy atom. The summed E-state index contributed by atoms with van der Waals surface area (Å²) in [5.74, 6) is 0.977. The van der Waals surface area contributed by atoms with E-state index < -0.39 is 0 Å². The number of rotatable bonds is 10. The predicted molar refractivity (Wildman–Crippen MR) is 142 cm³/mol. The molecule has 0 spiro atoms. The Hall–Kier alpha value is -3.36. The number of tetrazole rings is 1. The summed E-state index contributed by atoms with van der Waals surface area (Å²) in [7, 11) is 1.67. The lowest BCUT2D eigenvalue weighted by atomic mass is 9.99. The van der Waals surface area contributed by atoms with Crippen LogP contribution in [0.25, 0.3) is 10.9 Å². The minimum Gasteiger partial charge on any atom is -0.383 e. The van der Waals surface area contributed by atoms with Gasteiger partial charge in [-0.2, -0.15) is 0 Å². The van der Waals surface area contributed by atoms with E-state index >= 15 is 0 Å². The smallest absolute Gasteiger partial charge is 0.252 e. The molecule has 0 aliphatic heterocycles. The summed E-state index contributed by atoms with van der Waals surface area (Å²) in [6.07, 6.45) is 0. The van der Waals surface area contributed by atoms with Crippen molar-refractivity contribution in [2.45, 2.75) is 60.3 Å². The van der Waals surface area contributed by atoms with Crippen molar-refractivity contribution in [1.82, 2.24) is 30.1 Å². The molecule has 2 aromatic carbocycles. The van der Waals surface area contributed by atoms with Gasteiger partial charge in [-0.15, -0.1) is 5.10 Å². The number of aromatic nitrogens is 5. The second-order valence-corrected chi connectivity index (χ2v) is 10.00. The Balaban J connectivity index is 1.78. The minimum absolute atomic E-state index is 0.0668. The fourth-order valence-electron chi connectivity index (χ4n) is 4.88. The summed E-state index contributed by atoms with van der Waals surface area (Å²) < 4.78 is 7.09. The number of benzene rings is 2. The number of methoxy groups -OCH3 is 1. The van der Waals surface area contributed by atoms with Gasteiger partial charge in [-0.1, -0.05) is 49.7 Å². The van der Waals surface area contributed by atoms with Crippen LogP contribution in [0.15, 0.2) is 47.3 Å². The molecule has 0 aliphatic rings. The van der Waals surface area contributed by atoms with Crippen LogP contribution in [0.5, 0.6) is 0 Å². The van der Waals surface area contributed by atoms with Gasteiger partial charge in [0.1, 0.15) is 0 Å². The van der Waals surface area contributed by atoms with E-state index in [4.69, 9.17) is 4.74 Å². The molecule has 2 heterocycles. The lowest BCUT2D eigenvalue weighted by Gasteiger charge is -2.33. The lowest BCUT2D eigenvalue weighted by molar-refractivity contribution is 0.121. The Morgan fingerprint density at radius 1 is 1.03 bits per heavy atom. The Kier molecular flexibility index (Phi) is 7.96. The molecule has 0 radical (unpaired) electrons. The molecule has 36 heavy (non-hydrogen) atoms. The van der Waals surface area contributed by atoms with Gasteiger partial charge in [0.05, 0.1) is 19.2 Å². The Morgan fingerprint density at radius 2 is 1.78 bits per heavy atom. The molecule has 0 bridgehead atoms. The third-order valence-electron chi connectivity index (χ3n) is 6.63. The number of hydrogen-bond acceptors (Lipinski definition) is 6. The van der Waals surface area contributed by atoms with Crippen molar-refractivity contribution >= 4 is 10.9 Å². The number of aryl methyl sites for hydroxylation is 3. The highest BCUT2D eigenvalue weighted by Gasteiger charge is 2.30. The SMILES string of the molecule is COCCn1nnnc1[C@H](C(C)C)N(Cc1ccc(C)cc1)Cc1cc2c(C)cc(C)cc2[nH]c1=O.